The third kappa shape index (κ3) is 5.13. The zero-order valence-electron chi connectivity index (χ0n) is 14.3. The Balaban J connectivity index is 1.64. The van der Waals surface area contributed by atoms with Crippen molar-refractivity contribution in [2.24, 2.45) is 5.41 Å². The molecule has 5 heteroatoms. The van der Waals surface area contributed by atoms with Gasteiger partial charge in [-0.2, -0.15) is 0 Å². The molecule has 0 aromatic rings. The van der Waals surface area contributed by atoms with Crippen LogP contribution in [0.1, 0.15) is 65.7 Å². The molecule has 2 fully saturated rings. The quantitative estimate of drug-likeness (QED) is 0.682. The lowest BCUT2D eigenvalue weighted by Crippen LogP contribution is -2.52. The molecule has 2 saturated carbocycles. The van der Waals surface area contributed by atoms with Gasteiger partial charge in [0.25, 0.3) is 0 Å². The van der Waals surface area contributed by atoms with E-state index in [1.54, 1.807) is 0 Å². The molecular formula is C17H32N2O3. The Bertz CT molecular complexity index is 363. The number of hydrogen-bond acceptors (Lipinski definition) is 4. The smallest absolute Gasteiger partial charge is 0.407 e. The first-order valence-electron chi connectivity index (χ1n) is 8.66. The molecule has 0 radical (unpaired) electrons. The van der Waals surface area contributed by atoms with Crippen LogP contribution < -0.4 is 10.6 Å². The first kappa shape index (κ1) is 17.5. The third-order valence-electron chi connectivity index (χ3n) is 4.89. The van der Waals surface area contributed by atoms with E-state index in [1.165, 1.54) is 25.7 Å². The van der Waals surface area contributed by atoms with E-state index in [4.69, 9.17) is 9.84 Å². The molecule has 1 spiro atoms. The van der Waals surface area contributed by atoms with Crippen molar-refractivity contribution in [2.45, 2.75) is 83.4 Å². The maximum Gasteiger partial charge on any atom is 0.407 e. The van der Waals surface area contributed by atoms with Crippen LogP contribution in [0.4, 0.5) is 4.79 Å². The molecule has 3 N–H and O–H groups in total. The van der Waals surface area contributed by atoms with Crippen molar-refractivity contribution in [3.05, 3.63) is 0 Å². The average molecular weight is 312 g/mol. The van der Waals surface area contributed by atoms with Crippen LogP contribution in [0.15, 0.2) is 0 Å². The highest BCUT2D eigenvalue weighted by molar-refractivity contribution is 5.68. The molecule has 2 rings (SSSR count). The van der Waals surface area contributed by atoms with Crippen molar-refractivity contribution in [3.8, 4) is 0 Å². The summed E-state index contributed by atoms with van der Waals surface area (Å²) in [5, 5.41) is 15.3. The van der Waals surface area contributed by atoms with E-state index in [-0.39, 0.29) is 18.7 Å². The second-order valence-electron chi connectivity index (χ2n) is 8.06. The highest BCUT2D eigenvalue weighted by atomic mass is 16.6. The van der Waals surface area contributed by atoms with Crippen LogP contribution in [0.5, 0.6) is 0 Å². The fourth-order valence-electron chi connectivity index (χ4n) is 3.77. The van der Waals surface area contributed by atoms with Crippen LogP contribution in [0, 0.1) is 5.41 Å². The van der Waals surface area contributed by atoms with Gasteiger partial charge < -0.3 is 20.5 Å². The van der Waals surface area contributed by atoms with E-state index in [2.05, 4.69) is 10.6 Å². The number of ether oxygens (including phenoxy) is 1. The number of carbonyl (C=O) groups excluding carboxylic acids is 1. The monoisotopic (exact) mass is 312 g/mol. The lowest BCUT2D eigenvalue weighted by atomic mass is 9.57. The van der Waals surface area contributed by atoms with Gasteiger partial charge in [0.15, 0.2) is 0 Å². The number of carbonyl (C=O) groups is 1. The minimum Gasteiger partial charge on any atom is -0.444 e. The first-order chi connectivity index (χ1) is 10.3. The van der Waals surface area contributed by atoms with Gasteiger partial charge in [-0.05, 0) is 77.7 Å². The molecule has 0 aromatic heterocycles. The highest BCUT2D eigenvalue weighted by Crippen LogP contribution is 2.51. The first-order valence-corrected chi connectivity index (χ1v) is 8.66. The Morgan fingerprint density at radius 1 is 1.23 bits per heavy atom. The summed E-state index contributed by atoms with van der Waals surface area (Å²) in [6.45, 7) is 6.85. The Labute approximate surface area is 134 Å². The second-order valence-corrected chi connectivity index (χ2v) is 8.06. The zero-order chi connectivity index (χ0) is 16.2. The number of hydrogen-bond donors (Lipinski definition) is 3. The molecule has 5 nitrogen and oxygen atoms in total. The van der Waals surface area contributed by atoms with Crippen molar-refractivity contribution in [2.75, 3.05) is 13.2 Å². The summed E-state index contributed by atoms with van der Waals surface area (Å²) >= 11 is 0. The summed E-state index contributed by atoms with van der Waals surface area (Å²) < 4.78 is 5.32. The van der Waals surface area contributed by atoms with Crippen molar-refractivity contribution in [3.63, 3.8) is 0 Å². The fraction of sp³-hybridized carbons (Fsp3) is 0.941. The van der Waals surface area contributed by atoms with E-state index in [0.29, 0.717) is 11.5 Å². The molecule has 0 saturated heterocycles. The van der Waals surface area contributed by atoms with Crippen molar-refractivity contribution >= 4 is 6.09 Å². The topological polar surface area (TPSA) is 70.6 Å². The highest BCUT2D eigenvalue weighted by Gasteiger charge is 2.45. The number of aliphatic hydroxyl groups is 1. The summed E-state index contributed by atoms with van der Waals surface area (Å²) in [5.41, 5.74) is 0.0738. The van der Waals surface area contributed by atoms with Crippen LogP contribution in [0.2, 0.25) is 0 Å². The van der Waals surface area contributed by atoms with Crippen LogP contribution >= 0.6 is 0 Å². The minimum atomic E-state index is -0.429. The number of aliphatic hydroxyl groups excluding tert-OH is 1. The summed E-state index contributed by atoms with van der Waals surface area (Å²) in [4.78, 5) is 11.8. The molecule has 0 heterocycles. The third-order valence-corrected chi connectivity index (χ3v) is 4.89. The van der Waals surface area contributed by atoms with Crippen molar-refractivity contribution in [1.29, 1.82) is 0 Å². The number of rotatable bonds is 5. The van der Waals surface area contributed by atoms with E-state index in [9.17, 15) is 4.79 Å². The van der Waals surface area contributed by atoms with Gasteiger partial charge in [0.05, 0.1) is 0 Å². The van der Waals surface area contributed by atoms with Gasteiger partial charge >= 0.3 is 6.09 Å². The van der Waals surface area contributed by atoms with Crippen molar-refractivity contribution < 1.29 is 14.6 Å². The minimum absolute atomic E-state index is 0.266. The molecule has 0 bridgehead atoms. The molecule has 128 valence electrons. The zero-order valence-corrected chi connectivity index (χ0v) is 14.3. The van der Waals surface area contributed by atoms with Gasteiger partial charge in [-0.25, -0.2) is 4.79 Å². The fourth-order valence-corrected chi connectivity index (χ4v) is 3.77. The van der Waals surface area contributed by atoms with Crippen LogP contribution in [-0.4, -0.2) is 42.0 Å². The van der Waals surface area contributed by atoms with Crippen LogP contribution in [-0.2, 0) is 4.74 Å². The molecule has 0 atom stereocenters. The van der Waals surface area contributed by atoms with Gasteiger partial charge in [-0.3, -0.25) is 0 Å². The maximum absolute atomic E-state index is 11.8. The normalized spacial score (nSPS) is 31.6. The predicted molar refractivity (Wildman–Crippen MR) is 86.8 cm³/mol. The standard InChI is InChI=1S/C17H32N2O3/c1-16(2,3)22-15(21)19-13-5-7-17(8-6-13)11-14(12-17)18-9-4-10-20/h13-14,18,20H,4-12H2,1-3H3,(H,19,21). The van der Waals surface area contributed by atoms with Crippen LogP contribution in [0.25, 0.3) is 0 Å². The Morgan fingerprint density at radius 2 is 1.86 bits per heavy atom. The summed E-state index contributed by atoms with van der Waals surface area (Å²) in [7, 11) is 0. The lowest BCUT2D eigenvalue weighted by molar-refractivity contribution is 0.0207. The summed E-state index contributed by atoms with van der Waals surface area (Å²) in [6.07, 6.45) is 7.56. The molecule has 2 aliphatic carbocycles. The molecule has 22 heavy (non-hydrogen) atoms. The van der Waals surface area contributed by atoms with Crippen molar-refractivity contribution in [1.82, 2.24) is 10.6 Å². The van der Waals surface area contributed by atoms with E-state index in [0.717, 1.165) is 25.8 Å². The summed E-state index contributed by atoms with van der Waals surface area (Å²) in [6, 6.07) is 0.892. The molecule has 0 aliphatic heterocycles. The Morgan fingerprint density at radius 3 is 2.41 bits per heavy atom. The van der Waals surface area contributed by atoms with Gasteiger partial charge in [0.1, 0.15) is 5.60 Å². The van der Waals surface area contributed by atoms with E-state index < -0.39 is 5.60 Å². The summed E-state index contributed by atoms with van der Waals surface area (Å²) in [5.74, 6) is 0. The Hall–Kier alpha value is -0.810. The number of nitrogens with one attached hydrogen (secondary N) is 2. The number of alkyl carbamates (subject to hydrolysis) is 1. The Kier molecular flexibility index (Phi) is 5.72. The molecular weight excluding hydrogens is 280 g/mol. The maximum atomic E-state index is 11.8. The van der Waals surface area contributed by atoms with Gasteiger partial charge in [0.2, 0.25) is 0 Å². The average Bonchev–Trinajstić information content (AvgIpc) is 2.37. The van der Waals surface area contributed by atoms with Gasteiger partial charge in [0, 0.05) is 18.7 Å². The van der Waals surface area contributed by atoms with Crippen LogP contribution in [0.3, 0.4) is 0 Å². The number of amides is 1. The van der Waals surface area contributed by atoms with E-state index in [1.807, 2.05) is 20.8 Å². The SMILES string of the molecule is CC(C)(C)OC(=O)NC1CCC2(CC1)CC(NCCCO)C2. The van der Waals surface area contributed by atoms with E-state index >= 15 is 0 Å². The second kappa shape index (κ2) is 7.18. The van der Waals surface area contributed by atoms with Gasteiger partial charge in [-0.15, -0.1) is 0 Å². The molecule has 0 unspecified atom stereocenters. The largest absolute Gasteiger partial charge is 0.444 e. The lowest BCUT2D eigenvalue weighted by Gasteiger charge is -2.52. The van der Waals surface area contributed by atoms with Gasteiger partial charge in [-0.1, -0.05) is 0 Å². The molecule has 1 amide bonds. The molecule has 0 aromatic carbocycles. The predicted octanol–water partition coefficient (Wildman–Crippen LogP) is 2.57. The molecule has 2 aliphatic rings.